The molecule has 0 bridgehead atoms. The molecular formula is C17H22ClN3O3S. The molecule has 1 fully saturated rings. The molecule has 1 heterocycles. The second-order valence-corrected chi connectivity index (χ2v) is 8.05. The van der Waals surface area contributed by atoms with Gasteiger partial charge in [0.2, 0.25) is 15.9 Å². The summed E-state index contributed by atoms with van der Waals surface area (Å²) in [4.78, 5) is 12.2. The molecule has 1 aliphatic rings. The van der Waals surface area contributed by atoms with Crippen molar-refractivity contribution in [2.75, 3.05) is 25.4 Å². The minimum absolute atomic E-state index is 0. The van der Waals surface area contributed by atoms with Crippen LogP contribution in [0.2, 0.25) is 0 Å². The number of hydrogen-bond donors (Lipinski definition) is 2. The number of sulfonamides is 1. The van der Waals surface area contributed by atoms with Crippen molar-refractivity contribution in [1.82, 2.24) is 9.62 Å². The maximum atomic E-state index is 12.2. The average molecular weight is 384 g/mol. The zero-order chi connectivity index (χ0) is 17.2. The highest BCUT2D eigenvalue weighted by Crippen LogP contribution is 2.20. The second kappa shape index (κ2) is 8.14. The number of halogens is 1. The summed E-state index contributed by atoms with van der Waals surface area (Å²) in [7, 11) is -3.28. The Kier molecular flexibility index (Phi) is 6.40. The zero-order valence-corrected chi connectivity index (χ0v) is 15.4. The minimum Gasteiger partial charge on any atom is -0.347 e. The lowest BCUT2D eigenvalue weighted by atomic mass is 10.0. The molecule has 1 saturated heterocycles. The highest BCUT2D eigenvalue weighted by atomic mass is 35.5. The number of hydrogen-bond acceptors (Lipinski definition) is 4. The van der Waals surface area contributed by atoms with Crippen LogP contribution in [0.15, 0.2) is 42.5 Å². The van der Waals surface area contributed by atoms with Gasteiger partial charge in [-0.3, -0.25) is 4.79 Å². The normalized spacial score (nSPS) is 17.8. The number of nitrogens with zero attached hydrogens (tertiary/aromatic N) is 1. The molecule has 0 spiro atoms. The van der Waals surface area contributed by atoms with Crippen LogP contribution in [0.3, 0.4) is 0 Å². The molecule has 8 heteroatoms. The first-order valence-electron chi connectivity index (χ1n) is 7.95. The number of nitrogens with two attached hydrogens (primary N) is 1. The van der Waals surface area contributed by atoms with E-state index in [-0.39, 0.29) is 43.2 Å². The third-order valence-corrected chi connectivity index (χ3v) is 6.17. The van der Waals surface area contributed by atoms with Crippen LogP contribution >= 0.6 is 12.4 Å². The first kappa shape index (κ1) is 19.7. The van der Waals surface area contributed by atoms with Crippen molar-refractivity contribution in [2.24, 2.45) is 5.73 Å². The van der Waals surface area contributed by atoms with Crippen LogP contribution in [-0.4, -0.2) is 44.0 Å². The molecule has 0 saturated carbocycles. The van der Waals surface area contributed by atoms with E-state index in [1.807, 2.05) is 42.5 Å². The molecule has 25 heavy (non-hydrogen) atoms. The Morgan fingerprint density at radius 2 is 1.92 bits per heavy atom. The van der Waals surface area contributed by atoms with Crippen LogP contribution < -0.4 is 11.1 Å². The van der Waals surface area contributed by atoms with E-state index < -0.39 is 10.0 Å². The van der Waals surface area contributed by atoms with E-state index in [0.717, 1.165) is 16.3 Å². The van der Waals surface area contributed by atoms with Gasteiger partial charge in [-0.15, -0.1) is 12.4 Å². The van der Waals surface area contributed by atoms with Gasteiger partial charge in [0.05, 0.1) is 18.3 Å². The molecule has 0 aliphatic carbocycles. The number of rotatable bonds is 5. The summed E-state index contributed by atoms with van der Waals surface area (Å²) in [6.07, 6.45) is 0.570. The Hall–Kier alpha value is -1.67. The summed E-state index contributed by atoms with van der Waals surface area (Å²) in [5, 5.41) is 5.03. The maximum absolute atomic E-state index is 12.2. The summed E-state index contributed by atoms with van der Waals surface area (Å²) in [5.74, 6) is -0.213. The van der Waals surface area contributed by atoms with E-state index in [1.165, 1.54) is 4.31 Å². The topological polar surface area (TPSA) is 92.5 Å². The van der Waals surface area contributed by atoms with Crippen molar-refractivity contribution in [1.29, 1.82) is 0 Å². The largest absolute Gasteiger partial charge is 0.347 e. The molecule has 136 valence electrons. The fourth-order valence-corrected chi connectivity index (χ4v) is 4.45. The van der Waals surface area contributed by atoms with E-state index in [2.05, 4.69) is 5.32 Å². The first-order valence-corrected chi connectivity index (χ1v) is 9.56. The molecule has 1 atom stereocenters. The molecule has 3 N–H and O–H groups in total. The lowest BCUT2D eigenvalue weighted by Crippen LogP contribution is -2.41. The van der Waals surface area contributed by atoms with Crippen molar-refractivity contribution in [2.45, 2.75) is 12.5 Å². The summed E-state index contributed by atoms with van der Waals surface area (Å²) < 4.78 is 24.8. The van der Waals surface area contributed by atoms with Crippen LogP contribution in [0.4, 0.5) is 0 Å². The second-order valence-electron chi connectivity index (χ2n) is 5.97. The molecule has 0 radical (unpaired) electrons. The minimum atomic E-state index is -3.28. The molecule has 1 unspecified atom stereocenters. The summed E-state index contributed by atoms with van der Waals surface area (Å²) in [6, 6.07) is 13.5. The molecule has 0 aromatic heterocycles. The Balaban J connectivity index is 0.00000225. The lowest BCUT2D eigenvalue weighted by Gasteiger charge is -2.20. The van der Waals surface area contributed by atoms with E-state index in [0.29, 0.717) is 13.0 Å². The van der Waals surface area contributed by atoms with Crippen molar-refractivity contribution < 1.29 is 13.2 Å². The molecular weight excluding hydrogens is 362 g/mol. The Morgan fingerprint density at radius 3 is 2.56 bits per heavy atom. The van der Waals surface area contributed by atoms with Gasteiger partial charge in [0, 0.05) is 13.1 Å². The molecule has 6 nitrogen and oxygen atoms in total. The van der Waals surface area contributed by atoms with Gasteiger partial charge in [-0.25, -0.2) is 8.42 Å². The fourth-order valence-electron chi connectivity index (χ4n) is 2.97. The summed E-state index contributed by atoms with van der Waals surface area (Å²) in [6.45, 7) is 0.502. The monoisotopic (exact) mass is 383 g/mol. The van der Waals surface area contributed by atoms with Gasteiger partial charge >= 0.3 is 0 Å². The van der Waals surface area contributed by atoms with Gasteiger partial charge in [-0.2, -0.15) is 4.31 Å². The quantitative estimate of drug-likeness (QED) is 0.816. The van der Waals surface area contributed by atoms with Crippen molar-refractivity contribution in [3.8, 4) is 0 Å². The maximum Gasteiger partial charge on any atom is 0.235 e. The SMILES string of the molecule is Cl.NCC(NC(=O)CN1CCCS1(=O)=O)c1ccc2ccccc2c1. The van der Waals surface area contributed by atoms with Crippen molar-refractivity contribution in [3.05, 3.63) is 48.0 Å². The third-order valence-electron chi connectivity index (χ3n) is 4.27. The molecule has 2 aromatic carbocycles. The molecule has 2 aromatic rings. The highest BCUT2D eigenvalue weighted by molar-refractivity contribution is 7.89. The standard InChI is InChI=1S/C17H21N3O3S.ClH/c18-11-16(15-7-6-13-4-1-2-5-14(13)10-15)19-17(21)12-20-8-3-9-24(20,22)23;/h1-2,4-7,10,16H,3,8-9,11-12,18H2,(H,19,21);1H. The highest BCUT2D eigenvalue weighted by Gasteiger charge is 2.30. The number of nitrogens with one attached hydrogen (secondary N) is 1. The van der Waals surface area contributed by atoms with Crippen LogP contribution in [0, 0.1) is 0 Å². The van der Waals surface area contributed by atoms with E-state index >= 15 is 0 Å². The predicted octanol–water partition coefficient (Wildman–Crippen LogP) is 1.41. The van der Waals surface area contributed by atoms with Crippen LogP contribution in [0.5, 0.6) is 0 Å². The zero-order valence-electron chi connectivity index (χ0n) is 13.7. The lowest BCUT2D eigenvalue weighted by molar-refractivity contribution is -0.121. The number of carbonyl (C=O) groups is 1. The molecule has 3 rings (SSSR count). The molecule has 1 aliphatic heterocycles. The Labute approximate surface area is 153 Å². The van der Waals surface area contributed by atoms with Crippen LogP contribution in [0.25, 0.3) is 10.8 Å². The van der Waals surface area contributed by atoms with Gasteiger partial charge < -0.3 is 11.1 Å². The fraction of sp³-hybridized carbons (Fsp3) is 0.353. The number of carbonyl (C=O) groups excluding carboxylic acids is 1. The molecule has 1 amide bonds. The summed E-state index contributed by atoms with van der Waals surface area (Å²) >= 11 is 0. The van der Waals surface area contributed by atoms with E-state index in [4.69, 9.17) is 5.73 Å². The van der Waals surface area contributed by atoms with Gasteiger partial charge in [0.25, 0.3) is 0 Å². The van der Waals surface area contributed by atoms with Crippen LogP contribution in [0.1, 0.15) is 18.0 Å². The number of benzene rings is 2. The average Bonchev–Trinajstić information content (AvgIpc) is 2.90. The van der Waals surface area contributed by atoms with E-state index in [9.17, 15) is 13.2 Å². The number of fused-ring (bicyclic) bond motifs is 1. The van der Waals surface area contributed by atoms with Gasteiger partial charge in [0.1, 0.15) is 0 Å². The Bertz CT molecular complexity index is 857. The van der Waals surface area contributed by atoms with Gasteiger partial charge in [-0.1, -0.05) is 36.4 Å². The Morgan fingerprint density at radius 1 is 1.20 bits per heavy atom. The number of amides is 1. The first-order chi connectivity index (χ1) is 11.5. The van der Waals surface area contributed by atoms with Gasteiger partial charge in [0.15, 0.2) is 0 Å². The predicted molar refractivity (Wildman–Crippen MR) is 101 cm³/mol. The van der Waals surface area contributed by atoms with Crippen molar-refractivity contribution in [3.63, 3.8) is 0 Å². The summed E-state index contributed by atoms with van der Waals surface area (Å²) in [5.41, 5.74) is 6.72. The third kappa shape index (κ3) is 4.49. The van der Waals surface area contributed by atoms with Gasteiger partial charge in [-0.05, 0) is 28.8 Å². The van der Waals surface area contributed by atoms with E-state index in [1.54, 1.807) is 0 Å². The van der Waals surface area contributed by atoms with Crippen molar-refractivity contribution >= 4 is 39.1 Å². The smallest absolute Gasteiger partial charge is 0.235 e. The van der Waals surface area contributed by atoms with Crippen LogP contribution in [-0.2, 0) is 14.8 Å².